The molecule has 0 saturated carbocycles. The number of nitrogen functional groups attached to an aromatic ring is 1. The fourth-order valence-electron chi connectivity index (χ4n) is 3.52. The molecule has 0 radical (unpaired) electrons. The maximum absolute atomic E-state index is 13.2. The standard InChI is InChI=1S/C19H17N3O3S/c20-10-19(11-4-2-1-3-5-11)7-6-13-14(17(21)26-15(13)16(19)23)18(24)22-12-8-25-9-12/h1-5,12H,6-9,21H2,(H,22,24). The lowest BCUT2D eigenvalue weighted by molar-refractivity contribution is -0.00345. The number of carbonyl (C=O) groups excluding carboxylic acids is 2. The van der Waals surface area contributed by atoms with Gasteiger partial charge in [-0.1, -0.05) is 30.3 Å². The molecule has 1 aromatic carbocycles. The average molecular weight is 367 g/mol. The van der Waals surface area contributed by atoms with Gasteiger partial charge < -0.3 is 15.8 Å². The van der Waals surface area contributed by atoms with E-state index >= 15 is 0 Å². The van der Waals surface area contributed by atoms with Gasteiger partial charge in [0, 0.05) is 0 Å². The molecule has 1 saturated heterocycles. The van der Waals surface area contributed by atoms with Crippen LogP contribution in [0.5, 0.6) is 0 Å². The molecule has 1 amide bonds. The van der Waals surface area contributed by atoms with Crippen LogP contribution in [0, 0.1) is 11.3 Å². The van der Waals surface area contributed by atoms with Crippen molar-refractivity contribution in [1.82, 2.24) is 5.32 Å². The molecule has 2 heterocycles. The highest BCUT2D eigenvalue weighted by Gasteiger charge is 2.47. The smallest absolute Gasteiger partial charge is 0.254 e. The number of ether oxygens (including phenoxy) is 1. The van der Waals surface area contributed by atoms with Crippen LogP contribution in [-0.4, -0.2) is 30.9 Å². The van der Waals surface area contributed by atoms with Crippen LogP contribution in [0.15, 0.2) is 30.3 Å². The lowest BCUT2D eigenvalue weighted by atomic mass is 9.69. The minimum Gasteiger partial charge on any atom is -0.390 e. The molecule has 1 aliphatic heterocycles. The van der Waals surface area contributed by atoms with Gasteiger partial charge in [0.05, 0.1) is 40.8 Å². The summed E-state index contributed by atoms with van der Waals surface area (Å²) < 4.78 is 5.07. The second kappa shape index (κ2) is 6.24. The van der Waals surface area contributed by atoms with Crippen molar-refractivity contribution in [3.8, 4) is 6.07 Å². The van der Waals surface area contributed by atoms with Crippen molar-refractivity contribution in [2.24, 2.45) is 0 Å². The van der Waals surface area contributed by atoms with E-state index in [0.29, 0.717) is 52.6 Å². The summed E-state index contributed by atoms with van der Waals surface area (Å²) >= 11 is 1.10. The second-order valence-electron chi connectivity index (χ2n) is 6.57. The van der Waals surface area contributed by atoms with E-state index in [1.807, 2.05) is 18.2 Å². The largest absolute Gasteiger partial charge is 0.390 e. The zero-order chi connectivity index (χ0) is 18.3. The van der Waals surface area contributed by atoms with Crippen molar-refractivity contribution < 1.29 is 14.3 Å². The number of nitriles is 1. The van der Waals surface area contributed by atoms with Crippen LogP contribution in [-0.2, 0) is 16.6 Å². The number of rotatable bonds is 3. The van der Waals surface area contributed by atoms with Crippen molar-refractivity contribution in [2.45, 2.75) is 24.3 Å². The van der Waals surface area contributed by atoms with E-state index in [4.69, 9.17) is 10.5 Å². The Balaban J connectivity index is 1.73. The molecule has 2 aromatic rings. The Kier molecular flexibility index (Phi) is 4.02. The fourth-order valence-corrected chi connectivity index (χ4v) is 4.65. The molecular formula is C19H17N3O3S. The number of amides is 1. The maximum Gasteiger partial charge on any atom is 0.254 e. The van der Waals surface area contributed by atoms with Crippen molar-refractivity contribution in [3.05, 3.63) is 51.9 Å². The molecule has 1 unspecified atom stereocenters. The third-order valence-electron chi connectivity index (χ3n) is 5.04. The first-order chi connectivity index (χ1) is 12.6. The Bertz CT molecular complexity index is 927. The predicted molar refractivity (Wildman–Crippen MR) is 97.2 cm³/mol. The number of thiophene rings is 1. The van der Waals surface area contributed by atoms with Gasteiger partial charge in [-0.25, -0.2) is 0 Å². The van der Waals surface area contributed by atoms with Crippen LogP contribution in [0.25, 0.3) is 0 Å². The summed E-state index contributed by atoms with van der Waals surface area (Å²) in [5.41, 5.74) is 6.58. The highest BCUT2D eigenvalue weighted by atomic mass is 32.1. The molecule has 1 fully saturated rings. The number of carbonyl (C=O) groups is 2. The number of fused-ring (bicyclic) bond motifs is 1. The summed E-state index contributed by atoms with van der Waals surface area (Å²) in [5, 5.41) is 13.0. The Morgan fingerprint density at radius 3 is 2.69 bits per heavy atom. The lowest BCUT2D eigenvalue weighted by Gasteiger charge is -2.30. The van der Waals surface area contributed by atoms with Gasteiger partial charge in [-0.15, -0.1) is 11.3 Å². The van der Waals surface area contributed by atoms with Crippen molar-refractivity contribution >= 4 is 28.0 Å². The molecular weight excluding hydrogens is 350 g/mol. The van der Waals surface area contributed by atoms with E-state index in [1.165, 1.54) is 0 Å². The van der Waals surface area contributed by atoms with Gasteiger partial charge in [-0.2, -0.15) is 5.26 Å². The highest BCUT2D eigenvalue weighted by Crippen LogP contribution is 2.44. The first-order valence-corrected chi connectivity index (χ1v) is 9.20. The molecule has 7 heteroatoms. The van der Waals surface area contributed by atoms with Gasteiger partial charge in [-0.3, -0.25) is 9.59 Å². The van der Waals surface area contributed by atoms with E-state index in [0.717, 1.165) is 11.3 Å². The van der Waals surface area contributed by atoms with Crippen LogP contribution in [0.3, 0.4) is 0 Å². The highest BCUT2D eigenvalue weighted by molar-refractivity contribution is 7.18. The first-order valence-electron chi connectivity index (χ1n) is 8.38. The van der Waals surface area contributed by atoms with E-state index in [1.54, 1.807) is 12.1 Å². The summed E-state index contributed by atoms with van der Waals surface area (Å²) in [6.45, 7) is 0.977. The topological polar surface area (TPSA) is 105 Å². The Labute approximate surface area is 154 Å². The van der Waals surface area contributed by atoms with Crippen LogP contribution < -0.4 is 11.1 Å². The number of hydrogen-bond acceptors (Lipinski definition) is 6. The van der Waals surface area contributed by atoms with E-state index in [-0.39, 0.29) is 17.7 Å². The SMILES string of the molecule is N#CC1(c2ccccc2)CCc2c(sc(N)c2C(=O)NC2COC2)C1=O. The average Bonchev–Trinajstić information content (AvgIpc) is 2.96. The number of anilines is 1. The zero-order valence-electron chi connectivity index (χ0n) is 14.0. The molecule has 1 atom stereocenters. The van der Waals surface area contributed by atoms with Crippen LogP contribution in [0.1, 0.15) is 37.6 Å². The molecule has 3 N–H and O–H groups in total. The number of benzene rings is 1. The normalized spacial score (nSPS) is 22.2. The summed E-state index contributed by atoms with van der Waals surface area (Å²) in [6.07, 6.45) is 0.795. The minimum atomic E-state index is -1.22. The monoisotopic (exact) mass is 367 g/mol. The van der Waals surface area contributed by atoms with Crippen molar-refractivity contribution in [3.63, 3.8) is 0 Å². The Hall–Kier alpha value is -2.69. The first kappa shape index (κ1) is 16.8. The van der Waals surface area contributed by atoms with Crippen molar-refractivity contribution in [1.29, 1.82) is 5.26 Å². The third kappa shape index (κ3) is 2.42. The van der Waals surface area contributed by atoms with E-state index in [9.17, 15) is 14.9 Å². The van der Waals surface area contributed by atoms with Gasteiger partial charge in [0.25, 0.3) is 5.91 Å². The second-order valence-corrected chi connectivity index (χ2v) is 7.62. The van der Waals surface area contributed by atoms with Crippen LogP contribution in [0.2, 0.25) is 0 Å². The van der Waals surface area contributed by atoms with Gasteiger partial charge >= 0.3 is 0 Å². The quantitative estimate of drug-likeness (QED) is 0.864. The van der Waals surface area contributed by atoms with E-state index < -0.39 is 5.41 Å². The van der Waals surface area contributed by atoms with Gasteiger partial charge in [0.1, 0.15) is 5.41 Å². The Morgan fingerprint density at radius 1 is 1.35 bits per heavy atom. The van der Waals surface area contributed by atoms with E-state index in [2.05, 4.69) is 11.4 Å². The molecule has 4 rings (SSSR count). The van der Waals surface area contributed by atoms with Crippen LogP contribution >= 0.6 is 11.3 Å². The minimum absolute atomic E-state index is 0.0146. The number of nitrogens with two attached hydrogens (primary N) is 1. The van der Waals surface area contributed by atoms with Gasteiger partial charge in [0.15, 0.2) is 5.78 Å². The zero-order valence-corrected chi connectivity index (χ0v) is 14.8. The number of Topliss-reactive ketones (excluding diaryl/α,β-unsaturated/α-hetero) is 1. The molecule has 0 bridgehead atoms. The summed E-state index contributed by atoms with van der Waals surface area (Å²) in [4.78, 5) is 26.2. The molecule has 0 spiro atoms. The number of nitrogens with zero attached hydrogens (tertiary/aromatic N) is 1. The molecule has 6 nitrogen and oxygen atoms in total. The molecule has 26 heavy (non-hydrogen) atoms. The predicted octanol–water partition coefficient (Wildman–Crippen LogP) is 2.05. The molecule has 132 valence electrons. The number of hydrogen-bond donors (Lipinski definition) is 2. The number of ketones is 1. The maximum atomic E-state index is 13.2. The summed E-state index contributed by atoms with van der Waals surface area (Å²) in [6, 6.07) is 11.3. The summed E-state index contributed by atoms with van der Waals surface area (Å²) in [7, 11) is 0. The van der Waals surface area contributed by atoms with Crippen molar-refractivity contribution in [2.75, 3.05) is 18.9 Å². The summed E-state index contributed by atoms with van der Waals surface area (Å²) in [5.74, 6) is -0.541. The number of nitrogens with one attached hydrogen (secondary N) is 1. The Morgan fingerprint density at radius 2 is 2.08 bits per heavy atom. The molecule has 1 aromatic heterocycles. The van der Waals surface area contributed by atoms with Gasteiger partial charge in [0.2, 0.25) is 0 Å². The van der Waals surface area contributed by atoms with Gasteiger partial charge in [-0.05, 0) is 24.0 Å². The molecule has 1 aliphatic carbocycles. The van der Waals surface area contributed by atoms with Crippen LogP contribution in [0.4, 0.5) is 5.00 Å². The fraction of sp³-hybridized carbons (Fsp3) is 0.316. The third-order valence-corrected chi connectivity index (χ3v) is 6.10. The molecule has 2 aliphatic rings. The lowest BCUT2D eigenvalue weighted by Crippen LogP contribution is -2.48.